The zero-order valence-electron chi connectivity index (χ0n) is 6.50. The Hall–Kier alpha value is 1.04. The van der Waals surface area contributed by atoms with Gasteiger partial charge in [-0.3, -0.25) is 0 Å². The van der Waals surface area contributed by atoms with E-state index in [1.165, 1.54) is 0 Å². The van der Waals surface area contributed by atoms with Crippen LogP contribution >= 0.6 is 23.2 Å². The van der Waals surface area contributed by atoms with E-state index in [0.29, 0.717) is 0 Å². The van der Waals surface area contributed by atoms with Crippen molar-refractivity contribution in [3.8, 4) is 0 Å². The Morgan fingerprint density at radius 1 is 0.917 bits per heavy atom. The SMILES string of the molecule is ClC1=C(Cl)CCC=CCC1.[ClH2+].[Pt+2]. The summed E-state index contributed by atoms with van der Waals surface area (Å²) in [4.78, 5) is 0. The molecule has 0 saturated carbocycles. The van der Waals surface area contributed by atoms with E-state index in [9.17, 15) is 0 Å². The molecule has 0 unspecified atom stereocenters. The minimum absolute atomic E-state index is 0. The van der Waals surface area contributed by atoms with Crippen molar-refractivity contribution >= 4 is 23.2 Å². The number of allylic oxidation sites excluding steroid dienone is 4. The zero-order chi connectivity index (χ0) is 7.40. The van der Waals surface area contributed by atoms with Gasteiger partial charge < -0.3 is 0 Å². The number of halogens is 3. The van der Waals surface area contributed by atoms with Gasteiger partial charge in [0.05, 0.1) is 12.4 Å². The van der Waals surface area contributed by atoms with Crippen LogP contribution in [-0.2, 0) is 21.1 Å². The molecule has 0 N–H and O–H groups in total. The Morgan fingerprint density at radius 3 is 1.58 bits per heavy atom. The fourth-order valence-electron chi connectivity index (χ4n) is 0.927. The van der Waals surface area contributed by atoms with Crippen LogP contribution in [0.15, 0.2) is 22.2 Å². The summed E-state index contributed by atoms with van der Waals surface area (Å²) in [5.74, 6) is 0. The van der Waals surface area contributed by atoms with Crippen molar-refractivity contribution in [1.82, 2.24) is 0 Å². The molecule has 0 nitrogen and oxygen atoms in total. The molecule has 0 aromatic heterocycles. The molecule has 12 heavy (non-hydrogen) atoms. The molecule has 0 bridgehead atoms. The summed E-state index contributed by atoms with van der Waals surface area (Å²) in [5.41, 5.74) is 0. The molecule has 72 valence electrons. The maximum Gasteiger partial charge on any atom is 2.00 e. The third-order valence-electron chi connectivity index (χ3n) is 1.52. The van der Waals surface area contributed by atoms with Gasteiger partial charge in [0.1, 0.15) is 0 Å². The van der Waals surface area contributed by atoms with Crippen LogP contribution in [0.2, 0.25) is 0 Å². The van der Waals surface area contributed by atoms with Gasteiger partial charge in [-0.25, -0.2) is 0 Å². The first kappa shape index (κ1) is 15.5. The second-order valence-corrected chi connectivity index (χ2v) is 3.27. The average molecular weight is 410 g/mol. The van der Waals surface area contributed by atoms with E-state index < -0.39 is 0 Å². The van der Waals surface area contributed by atoms with Gasteiger partial charge in [-0.1, -0.05) is 35.4 Å². The third-order valence-corrected chi connectivity index (χ3v) is 2.45. The van der Waals surface area contributed by atoms with E-state index >= 15 is 0 Å². The molecule has 1 aliphatic rings. The fraction of sp³-hybridized carbons (Fsp3) is 0.500. The monoisotopic (exact) mass is 408 g/mol. The van der Waals surface area contributed by atoms with Crippen LogP contribution in [0, 0.1) is 12.4 Å². The standard InChI is InChI=1S/C8H10Cl2.ClH2.Pt/c9-7-5-3-1-2-4-6-8(7)10;;/h1-2H,3-6H2;1H2;/q;+1;+2. The van der Waals surface area contributed by atoms with Crippen molar-refractivity contribution in [3.05, 3.63) is 22.2 Å². The van der Waals surface area contributed by atoms with Gasteiger partial charge in [0, 0.05) is 10.1 Å². The van der Waals surface area contributed by atoms with E-state index in [-0.39, 0.29) is 33.5 Å². The van der Waals surface area contributed by atoms with E-state index in [2.05, 4.69) is 12.2 Å². The Bertz CT molecular complexity index is 157. The molecule has 4 heteroatoms. The van der Waals surface area contributed by atoms with Crippen LogP contribution in [0.3, 0.4) is 0 Å². The fourth-order valence-corrected chi connectivity index (χ4v) is 1.33. The molecule has 0 amide bonds. The van der Waals surface area contributed by atoms with Gasteiger partial charge in [0.2, 0.25) is 0 Å². The first-order valence-electron chi connectivity index (χ1n) is 3.48. The van der Waals surface area contributed by atoms with E-state index in [4.69, 9.17) is 23.2 Å². The van der Waals surface area contributed by atoms with Crippen molar-refractivity contribution in [3.63, 3.8) is 0 Å². The third kappa shape index (κ3) is 5.64. The maximum absolute atomic E-state index is 5.86. The van der Waals surface area contributed by atoms with Gasteiger partial charge in [-0.15, -0.1) is 0 Å². The minimum atomic E-state index is 0. The molecule has 0 aliphatic heterocycles. The summed E-state index contributed by atoms with van der Waals surface area (Å²) >= 11 is 11.7. The van der Waals surface area contributed by atoms with Crippen molar-refractivity contribution in [2.24, 2.45) is 0 Å². The Balaban J connectivity index is 0. The molecule has 1 aliphatic carbocycles. The Morgan fingerprint density at radius 2 is 1.25 bits per heavy atom. The van der Waals surface area contributed by atoms with Crippen molar-refractivity contribution in [1.29, 1.82) is 0 Å². The van der Waals surface area contributed by atoms with Gasteiger partial charge in [-0.05, 0) is 25.7 Å². The zero-order valence-corrected chi connectivity index (χ0v) is 11.2. The predicted octanol–water partition coefficient (Wildman–Crippen LogP) is 3.27. The summed E-state index contributed by atoms with van der Waals surface area (Å²) in [6, 6.07) is 0. The van der Waals surface area contributed by atoms with Crippen molar-refractivity contribution in [2.75, 3.05) is 0 Å². The molecule has 0 aromatic rings. The molecule has 0 atom stereocenters. The summed E-state index contributed by atoms with van der Waals surface area (Å²) in [6.45, 7) is 0. The number of hydrogen-bond donors (Lipinski definition) is 0. The van der Waals surface area contributed by atoms with Crippen LogP contribution in [0.5, 0.6) is 0 Å². The van der Waals surface area contributed by atoms with Crippen LogP contribution in [-0.4, -0.2) is 0 Å². The topological polar surface area (TPSA) is 0 Å². The van der Waals surface area contributed by atoms with Gasteiger partial charge >= 0.3 is 21.1 Å². The Kier molecular flexibility index (Phi) is 11.2. The largest absolute Gasteiger partial charge is 2.00 e. The predicted molar refractivity (Wildman–Crippen MR) is 49.1 cm³/mol. The average Bonchev–Trinajstić information content (AvgIpc) is 1.92. The first-order valence-corrected chi connectivity index (χ1v) is 4.24. The molecular formula is C8H12Cl3Pt+3. The van der Waals surface area contributed by atoms with Crippen LogP contribution in [0.1, 0.15) is 25.7 Å². The summed E-state index contributed by atoms with van der Waals surface area (Å²) < 4.78 is 0. The normalized spacial score (nSPS) is 17.2. The first-order chi connectivity index (χ1) is 4.80. The summed E-state index contributed by atoms with van der Waals surface area (Å²) in [7, 11) is 0. The smallest absolute Gasteiger partial charge is 0.0882 e. The molecule has 1 rings (SSSR count). The van der Waals surface area contributed by atoms with Crippen LogP contribution < -0.4 is 0 Å². The quantitative estimate of drug-likeness (QED) is 0.539. The molecule has 0 saturated heterocycles. The summed E-state index contributed by atoms with van der Waals surface area (Å²) in [6.07, 6.45) is 8.16. The molecular weight excluding hydrogens is 398 g/mol. The second kappa shape index (κ2) is 8.63. The van der Waals surface area contributed by atoms with Gasteiger partial charge in [0.15, 0.2) is 0 Å². The summed E-state index contributed by atoms with van der Waals surface area (Å²) in [5, 5.41) is 1.68. The second-order valence-electron chi connectivity index (χ2n) is 2.36. The molecule has 0 fully saturated rings. The molecule has 0 heterocycles. The van der Waals surface area contributed by atoms with Crippen molar-refractivity contribution in [2.45, 2.75) is 25.7 Å². The molecule has 0 aromatic carbocycles. The number of hydrogen-bond acceptors (Lipinski definition) is 0. The maximum atomic E-state index is 5.86. The molecule has 0 radical (unpaired) electrons. The molecule has 0 spiro atoms. The van der Waals surface area contributed by atoms with Gasteiger partial charge in [-0.2, -0.15) is 0 Å². The van der Waals surface area contributed by atoms with E-state index in [1.54, 1.807) is 0 Å². The van der Waals surface area contributed by atoms with Crippen LogP contribution in [0.4, 0.5) is 0 Å². The van der Waals surface area contributed by atoms with E-state index in [0.717, 1.165) is 35.7 Å². The van der Waals surface area contributed by atoms with Crippen molar-refractivity contribution < 1.29 is 33.5 Å². The van der Waals surface area contributed by atoms with Gasteiger partial charge in [0.25, 0.3) is 0 Å². The Labute approximate surface area is 104 Å². The number of rotatable bonds is 0. The minimum Gasteiger partial charge on any atom is -0.0882 e. The van der Waals surface area contributed by atoms with Crippen LogP contribution in [0.25, 0.3) is 0 Å². The van der Waals surface area contributed by atoms with E-state index in [1.807, 2.05) is 0 Å².